The summed E-state index contributed by atoms with van der Waals surface area (Å²) < 4.78 is 4.78. The van der Waals surface area contributed by atoms with E-state index in [0.717, 1.165) is 5.56 Å². The molecule has 0 radical (unpaired) electrons. The minimum Gasteiger partial charge on any atom is -0.466 e. The Balaban J connectivity index is 2.09. The molecular formula is C11H17NO3S. The number of rotatable bonds is 7. The van der Waals surface area contributed by atoms with E-state index in [2.05, 4.69) is 5.32 Å². The Bertz CT molecular complexity index is 300. The van der Waals surface area contributed by atoms with Crippen molar-refractivity contribution >= 4 is 17.3 Å². The summed E-state index contributed by atoms with van der Waals surface area (Å²) in [6.07, 6.45) is -0.169. The van der Waals surface area contributed by atoms with Crippen molar-refractivity contribution < 1.29 is 14.6 Å². The number of carbonyl (C=O) groups excluding carboxylic acids is 1. The zero-order chi connectivity index (χ0) is 11.8. The number of hydrogen-bond acceptors (Lipinski definition) is 5. The maximum Gasteiger partial charge on any atom is 0.307 e. The lowest BCUT2D eigenvalue weighted by molar-refractivity contribution is -0.143. The number of aliphatic hydroxyl groups is 1. The second-order valence-corrected chi connectivity index (χ2v) is 4.11. The monoisotopic (exact) mass is 243 g/mol. The lowest BCUT2D eigenvalue weighted by Gasteiger charge is -2.09. The molecule has 0 aliphatic rings. The van der Waals surface area contributed by atoms with Gasteiger partial charge in [0.2, 0.25) is 0 Å². The third-order valence-corrected chi connectivity index (χ3v) is 2.78. The van der Waals surface area contributed by atoms with Gasteiger partial charge in [0.05, 0.1) is 19.1 Å². The second kappa shape index (κ2) is 7.38. The molecule has 0 saturated heterocycles. The Morgan fingerprint density at radius 1 is 1.69 bits per heavy atom. The number of aliphatic hydroxyl groups excluding tert-OH is 1. The molecule has 5 heteroatoms. The Kier molecular flexibility index (Phi) is 6.07. The van der Waals surface area contributed by atoms with Crippen LogP contribution >= 0.6 is 11.3 Å². The molecule has 1 atom stereocenters. The molecule has 0 spiro atoms. The number of esters is 1. The zero-order valence-corrected chi connectivity index (χ0v) is 10.1. The van der Waals surface area contributed by atoms with Gasteiger partial charge in [-0.2, -0.15) is 11.3 Å². The van der Waals surface area contributed by atoms with Crippen LogP contribution in [0.3, 0.4) is 0 Å². The molecule has 1 aromatic rings. The Morgan fingerprint density at radius 2 is 2.50 bits per heavy atom. The molecule has 0 bridgehead atoms. The third kappa shape index (κ3) is 4.74. The number of nitrogens with one attached hydrogen (secondary N) is 1. The van der Waals surface area contributed by atoms with Gasteiger partial charge < -0.3 is 15.2 Å². The van der Waals surface area contributed by atoms with Crippen LogP contribution in [0.2, 0.25) is 0 Å². The summed E-state index contributed by atoms with van der Waals surface area (Å²) in [6.45, 7) is 3.18. The number of ether oxygens (including phenoxy) is 1. The average Bonchev–Trinajstić information content (AvgIpc) is 2.78. The van der Waals surface area contributed by atoms with E-state index in [9.17, 15) is 9.90 Å². The van der Waals surface area contributed by atoms with E-state index in [1.807, 2.05) is 16.8 Å². The Labute approximate surface area is 99.2 Å². The van der Waals surface area contributed by atoms with E-state index < -0.39 is 6.10 Å². The molecule has 1 aromatic heterocycles. The molecule has 0 aromatic carbocycles. The molecule has 2 N–H and O–H groups in total. The van der Waals surface area contributed by atoms with Crippen molar-refractivity contribution in [1.82, 2.24) is 5.32 Å². The van der Waals surface area contributed by atoms with Gasteiger partial charge in [0.15, 0.2) is 0 Å². The van der Waals surface area contributed by atoms with Gasteiger partial charge >= 0.3 is 5.97 Å². The molecule has 0 amide bonds. The van der Waals surface area contributed by atoms with Crippen LogP contribution in [-0.4, -0.2) is 30.8 Å². The van der Waals surface area contributed by atoms with Gasteiger partial charge in [0.25, 0.3) is 0 Å². The highest BCUT2D eigenvalue weighted by molar-refractivity contribution is 7.07. The predicted molar refractivity (Wildman–Crippen MR) is 63.4 cm³/mol. The van der Waals surface area contributed by atoms with E-state index in [-0.39, 0.29) is 5.97 Å². The highest BCUT2D eigenvalue weighted by atomic mass is 32.1. The number of hydrogen-bond donors (Lipinski definition) is 2. The van der Waals surface area contributed by atoms with Gasteiger partial charge in [-0.1, -0.05) is 0 Å². The smallest absolute Gasteiger partial charge is 0.307 e. The average molecular weight is 243 g/mol. The van der Waals surface area contributed by atoms with Crippen LogP contribution < -0.4 is 5.32 Å². The molecule has 0 aliphatic heterocycles. The van der Waals surface area contributed by atoms with E-state index in [0.29, 0.717) is 26.1 Å². The lowest BCUT2D eigenvalue weighted by atomic mass is 10.2. The quantitative estimate of drug-likeness (QED) is 0.560. The third-order valence-electron chi connectivity index (χ3n) is 2.08. The molecule has 1 unspecified atom stereocenters. The first-order valence-corrected chi connectivity index (χ1v) is 6.24. The first kappa shape index (κ1) is 13.2. The van der Waals surface area contributed by atoms with E-state index >= 15 is 0 Å². The molecule has 1 heterocycles. The fourth-order valence-electron chi connectivity index (χ4n) is 1.24. The van der Waals surface area contributed by atoms with Gasteiger partial charge in [-0.05, 0) is 29.3 Å². The van der Waals surface area contributed by atoms with Gasteiger partial charge in [-0.3, -0.25) is 4.79 Å². The first-order valence-electron chi connectivity index (χ1n) is 5.30. The number of thiophene rings is 1. The van der Waals surface area contributed by atoms with E-state index in [1.54, 1.807) is 18.3 Å². The summed E-state index contributed by atoms with van der Waals surface area (Å²) in [5.41, 5.74) is 0.911. The maximum atomic E-state index is 11.0. The summed E-state index contributed by atoms with van der Waals surface area (Å²) in [5.74, 6) is -0.208. The SMILES string of the molecule is CCOC(=O)CCNCC(O)c1ccsc1. The summed E-state index contributed by atoms with van der Waals surface area (Å²) in [6, 6.07) is 1.89. The van der Waals surface area contributed by atoms with Crippen LogP contribution in [0.25, 0.3) is 0 Å². The van der Waals surface area contributed by atoms with E-state index in [1.165, 1.54) is 0 Å². The number of carbonyl (C=O) groups is 1. The highest BCUT2D eigenvalue weighted by Gasteiger charge is 2.07. The van der Waals surface area contributed by atoms with Crippen molar-refractivity contribution in [3.8, 4) is 0 Å². The highest BCUT2D eigenvalue weighted by Crippen LogP contribution is 2.14. The summed E-state index contributed by atoms with van der Waals surface area (Å²) in [7, 11) is 0. The largest absolute Gasteiger partial charge is 0.466 e. The van der Waals surface area contributed by atoms with Gasteiger partial charge in [0.1, 0.15) is 0 Å². The first-order chi connectivity index (χ1) is 7.74. The fourth-order valence-corrected chi connectivity index (χ4v) is 1.95. The Morgan fingerprint density at radius 3 is 3.12 bits per heavy atom. The normalized spacial score (nSPS) is 12.4. The summed E-state index contributed by atoms with van der Waals surface area (Å²) >= 11 is 1.56. The lowest BCUT2D eigenvalue weighted by Crippen LogP contribution is -2.24. The predicted octanol–water partition coefficient (Wildman–Crippen LogP) is 1.32. The van der Waals surface area contributed by atoms with Crippen molar-refractivity contribution in [2.45, 2.75) is 19.4 Å². The summed E-state index contributed by atoms with van der Waals surface area (Å²) in [4.78, 5) is 11.0. The molecule has 90 valence electrons. The molecule has 1 rings (SSSR count). The molecule has 16 heavy (non-hydrogen) atoms. The molecule has 0 fully saturated rings. The zero-order valence-electron chi connectivity index (χ0n) is 9.31. The molecule has 4 nitrogen and oxygen atoms in total. The van der Waals surface area contributed by atoms with Crippen LogP contribution in [0, 0.1) is 0 Å². The van der Waals surface area contributed by atoms with Crippen molar-refractivity contribution in [2.75, 3.05) is 19.7 Å². The van der Waals surface area contributed by atoms with Gasteiger partial charge in [0, 0.05) is 13.1 Å². The molecular weight excluding hydrogens is 226 g/mol. The fraction of sp³-hybridized carbons (Fsp3) is 0.545. The standard InChI is InChI=1S/C11H17NO3S/c1-2-15-11(14)3-5-12-7-10(13)9-4-6-16-8-9/h4,6,8,10,12-13H,2-3,5,7H2,1H3. The van der Waals surface area contributed by atoms with Crippen molar-refractivity contribution in [3.05, 3.63) is 22.4 Å². The molecule has 0 saturated carbocycles. The van der Waals surface area contributed by atoms with Gasteiger partial charge in [-0.25, -0.2) is 0 Å². The van der Waals surface area contributed by atoms with Crippen LogP contribution in [0.5, 0.6) is 0 Å². The van der Waals surface area contributed by atoms with Crippen LogP contribution in [0.1, 0.15) is 25.0 Å². The minimum absolute atomic E-state index is 0.208. The van der Waals surface area contributed by atoms with E-state index in [4.69, 9.17) is 4.74 Å². The maximum absolute atomic E-state index is 11.0. The van der Waals surface area contributed by atoms with Crippen molar-refractivity contribution in [3.63, 3.8) is 0 Å². The van der Waals surface area contributed by atoms with Crippen LogP contribution in [0.4, 0.5) is 0 Å². The molecule has 0 aliphatic carbocycles. The van der Waals surface area contributed by atoms with Crippen LogP contribution in [-0.2, 0) is 9.53 Å². The van der Waals surface area contributed by atoms with Crippen molar-refractivity contribution in [2.24, 2.45) is 0 Å². The Hall–Kier alpha value is -0.910. The van der Waals surface area contributed by atoms with Gasteiger partial charge in [-0.15, -0.1) is 0 Å². The minimum atomic E-state index is -0.506. The van der Waals surface area contributed by atoms with Crippen molar-refractivity contribution in [1.29, 1.82) is 0 Å². The topological polar surface area (TPSA) is 58.6 Å². The second-order valence-electron chi connectivity index (χ2n) is 3.33. The van der Waals surface area contributed by atoms with Crippen LogP contribution in [0.15, 0.2) is 16.8 Å². The summed E-state index contributed by atoms with van der Waals surface area (Å²) in [5, 5.41) is 16.6.